The van der Waals surface area contributed by atoms with Gasteiger partial charge in [0.25, 0.3) is 0 Å². The molecular formula is C19H9Cl2N. The molecule has 0 atom stereocenters. The lowest BCUT2D eigenvalue weighted by molar-refractivity contribution is 1.50. The maximum absolute atomic E-state index is 9.19. The van der Waals surface area contributed by atoms with Gasteiger partial charge in [-0.1, -0.05) is 47.5 Å². The normalized spacial score (nSPS) is 11.1. The zero-order valence-electron chi connectivity index (χ0n) is 11.4. The van der Waals surface area contributed by atoms with Gasteiger partial charge in [-0.3, -0.25) is 0 Å². The van der Waals surface area contributed by atoms with E-state index in [1.807, 2.05) is 18.2 Å². The molecular weight excluding hydrogens is 313 g/mol. The smallest absolute Gasteiger partial charge is 0.102 e. The van der Waals surface area contributed by atoms with Crippen molar-refractivity contribution in [3.8, 4) is 6.07 Å². The quantitative estimate of drug-likeness (QED) is 0.347. The van der Waals surface area contributed by atoms with Gasteiger partial charge in [-0.2, -0.15) is 5.26 Å². The van der Waals surface area contributed by atoms with Crippen LogP contribution in [0.15, 0.2) is 54.6 Å². The predicted molar refractivity (Wildman–Crippen MR) is 93.7 cm³/mol. The molecule has 0 spiro atoms. The van der Waals surface area contributed by atoms with Crippen LogP contribution in [0.5, 0.6) is 0 Å². The lowest BCUT2D eigenvalue weighted by Gasteiger charge is -2.08. The summed E-state index contributed by atoms with van der Waals surface area (Å²) in [5, 5.41) is 16.4. The predicted octanol–water partition coefficient (Wildman–Crippen LogP) is 6.32. The fourth-order valence-electron chi connectivity index (χ4n) is 2.87. The van der Waals surface area contributed by atoms with Gasteiger partial charge in [-0.05, 0) is 57.3 Å². The second-order valence-corrected chi connectivity index (χ2v) is 6.06. The maximum atomic E-state index is 9.19. The SMILES string of the molecule is N#Cc1c(Cl)cc2cc3cc4ccccc4cc3cc2c1Cl. The number of nitriles is 1. The summed E-state index contributed by atoms with van der Waals surface area (Å²) < 4.78 is 0. The van der Waals surface area contributed by atoms with Crippen molar-refractivity contribution in [2.45, 2.75) is 0 Å². The molecule has 1 nitrogen and oxygen atoms in total. The first-order valence-corrected chi connectivity index (χ1v) is 7.57. The van der Waals surface area contributed by atoms with Gasteiger partial charge in [-0.15, -0.1) is 0 Å². The van der Waals surface area contributed by atoms with Crippen molar-refractivity contribution < 1.29 is 0 Å². The molecule has 0 heterocycles. The van der Waals surface area contributed by atoms with E-state index in [4.69, 9.17) is 23.2 Å². The van der Waals surface area contributed by atoms with E-state index < -0.39 is 0 Å². The summed E-state index contributed by atoms with van der Waals surface area (Å²) in [5.74, 6) is 0. The summed E-state index contributed by atoms with van der Waals surface area (Å²) in [4.78, 5) is 0. The molecule has 0 saturated carbocycles. The Balaban J connectivity index is 2.17. The number of hydrogen-bond acceptors (Lipinski definition) is 1. The molecule has 0 aliphatic heterocycles. The second kappa shape index (κ2) is 4.88. The molecule has 0 saturated heterocycles. The van der Waals surface area contributed by atoms with Crippen molar-refractivity contribution in [2.24, 2.45) is 0 Å². The van der Waals surface area contributed by atoms with E-state index >= 15 is 0 Å². The van der Waals surface area contributed by atoms with E-state index in [9.17, 15) is 5.26 Å². The van der Waals surface area contributed by atoms with Crippen molar-refractivity contribution in [3.05, 3.63) is 70.2 Å². The minimum Gasteiger partial charge on any atom is -0.192 e. The summed E-state index contributed by atoms with van der Waals surface area (Å²) >= 11 is 12.5. The van der Waals surface area contributed by atoms with Crippen LogP contribution in [0.25, 0.3) is 32.3 Å². The van der Waals surface area contributed by atoms with Crippen LogP contribution in [-0.4, -0.2) is 0 Å². The van der Waals surface area contributed by atoms with Gasteiger partial charge >= 0.3 is 0 Å². The Kier molecular flexibility index (Phi) is 2.97. The molecule has 0 N–H and O–H groups in total. The summed E-state index contributed by atoms with van der Waals surface area (Å²) in [6, 6.07) is 20.5. The van der Waals surface area contributed by atoms with E-state index in [0.29, 0.717) is 15.6 Å². The van der Waals surface area contributed by atoms with Gasteiger partial charge in [0, 0.05) is 5.39 Å². The number of halogens is 2. The molecule has 0 fully saturated rings. The Morgan fingerprint density at radius 2 is 1.32 bits per heavy atom. The van der Waals surface area contributed by atoms with Gasteiger partial charge in [0.1, 0.15) is 6.07 Å². The lowest BCUT2D eigenvalue weighted by Crippen LogP contribution is -1.85. The van der Waals surface area contributed by atoms with Crippen LogP contribution in [0, 0.1) is 11.3 Å². The summed E-state index contributed by atoms with van der Waals surface area (Å²) in [6.07, 6.45) is 0. The number of hydrogen-bond donors (Lipinski definition) is 0. The molecule has 0 unspecified atom stereocenters. The van der Waals surface area contributed by atoms with Gasteiger partial charge < -0.3 is 0 Å². The average Bonchev–Trinajstić information content (AvgIpc) is 2.52. The Bertz CT molecular complexity index is 1110. The second-order valence-electron chi connectivity index (χ2n) is 5.28. The molecule has 4 rings (SSSR count). The minimum absolute atomic E-state index is 0.330. The zero-order chi connectivity index (χ0) is 15.3. The maximum Gasteiger partial charge on any atom is 0.102 e. The summed E-state index contributed by atoms with van der Waals surface area (Å²) in [6.45, 7) is 0. The molecule has 0 amide bonds. The van der Waals surface area contributed by atoms with E-state index in [1.165, 1.54) is 10.8 Å². The topological polar surface area (TPSA) is 23.8 Å². The fraction of sp³-hybridized carbons (Fsp3) is 0. The third-order valence-electron chi connectivity index (χ3n) is 3.96. The standard InChI is InChI=1S/C19H9Cl2N/c20-18-9-15-7-13-5-11-3-1-2-4-12(11)6-14(13)8-16(15)19(21)17(18)10-22/h1-9H. The van der Waals surface area contributed by atoms with Crippen molar-refractivity contribution in [3.63, 3.8) is 0 Å². The molecule has 4 aromatic rings. The van der Waals surface area contributed by atoms with Gasteiger partial charge in [0.15, 0.2) is 0 Å². The first-order valence-electron chi connectivity index (χ1n) is 6.82. The summed E-state index contributed by atoms with van der Waals surface area (Å²) in [7, 11) is 0. The molecule has 0 aliphatic rings. The van der Waals surface area contributed by atoms with Crippen LogP contribution in [-0.2, 0) is 0 Å². The first-order chi connectivity index (χ1) is 10.7. The van der Waals surface area contributed by atoms with Gasteiger partial charge in [0.2, 0.25) is 0 Å². The van der Waals surface area contributed by atoms with E-state index in [-0.39, 0.29) is 0 Å². The molecule has 0 bridgehead atoms. The molecule has 4 aromatic carbocycles. The highest BCUT2D eigenvalue weighted by molar-refractivity contribution is 6.41. The highest BCUT2D eigenvalue weighted by Crippen LogP contribution is 2.36. The zero-order valence-corrected chi connectivity index (χ0v) is 12.9. The highest BCUT2D eigenvalue weighted by Gasteiger charge is 2.11. The lowest BCUT2D eigenvalue weighted by atomic mass is 9.99. The average molecular weight is 322 g/mol. The van der Waals surface area contributed by atoms with Gasteiger partial charge in [0.05, 0.1) is 15.6 Å². The number of nitrogens with zero attached hydrogens (tertiary/aromatic N) is 1. The summed E-state index contributed by atoms with van der Waals surface area (Å²) in [5.41, 5.74) is 0.330. The van der Waals surface area contributed by atoms with Crippen molar-refractivity contribution in [1.29, 1.82) is 5.26 Å². The first kappa shape index (κ1) is 13.4. The van der Waals surface area contributed by atoms with Crippen LogP contribution in [0.4, 0.5) is 0 Å². The van der Waals surface area contributed by atoms with Crippen LogP contribution >= 0.6 is 23.2 Å². The highest BCUT2D eigenvalue weighted by atomic mass is 35.5. The van der Waals surface area contributed by atoms with Crippen molar-refractivity contribution >= 4 is 55.5 Å². The van der Waals surface area contributed by atoms with Crippen LogP contribution < -0.4 is 0 Å². The van der Waals surface area contributed by atoms with E-state index in [1.54, 1.807) is 6.07 Å². The van der Waals surface area contributed by atoms with Crippen molar-refractivity contribution in [1.82, 2.24) is 0 Å². The largest absolute Gasteiger partial charge is 0.192 e. The molecule has 0 radical (unpaired) electrons. The Labute approximate surface area is 137 Å². The Hall–Kier alpha value is -2.27. The molecule has 104 valence electrons. The number of fused-ring (bicyclic) bond motifs is 3. The molecule has 0 aliphatic carbocycles. The molecule has 3 heteroatoms. The number of benzene rings is 4. The monoisotopic (exact) mass is 321 g/mol. The third kappa shape index (κ3) is 1.93. The molecule has 22 heavy (non-hydrogen) atoms. The molecule has 0 aromatic heterocycles. The van der Waals surface area contributed by atoms with Crippen LogP contribution in [0.1, 0.15) is 5.56 Å². The third-order valence-corrected chi connectivity index (χ3v) is 4.65. The van der Waals surface area contributed by atoms with E-state index in [0.717, 1.165) is 21.5 Å². The Morgan fingerprint density at radius 3 is 1.95 bits per heavy atom. The van der Waals surface area contributed by atoms with Crippen LogP contribution in [0.3, 0.4) is 0 Å². The van der Waals surface area contributed by atoms with E-state index in [2.05, 4.69) is 36.4 Å². The van der Waals surface area contributed by atoms with Crippen LogP contribution in [0.2, 0.25) is 10.0 Å². The van der Waals surface area contributed by atoms with Crippen molar-refractivity contribution in [2.75, 3.05) is 0 Å². The Morgan fingerprint density at radius 1 is 0.727 bits per heavy atom. The fourth-order valence-corrected chi connectivity index (χ4v) is 3.48. The van der Waals surface area contributed by atoms with Gasteiger partial charge in [-0.25, -0.2) is 0 Å². The number of rotatable bonds is 0. The minimum atomic E-state index is 0.330.